The maximum Gasteiger partial charge on any atom is 0.341 e. The molecule has 0 saturated heterocycles. The molecule has 1 aromatic carbocycles. The number of halogens is 1. The zero-order valence-electron chi connectivity index (χ0n) is 7.95. The molecular formula is C9H7FN4O2. The number of hydrogen-bond donors (Lipinski definition) is 3. The Balaban J connectivity index is 2.13. The van der Waals surface area contributed by atoms with Crippen LogP contribution in [0.5, 0.6) is 0 Å². The molecule has 0 aliphatic carbocycles. The van der Waals surface area contributed by atoms with E-state index in [4.69, 9.17) is 0 Å². The van der Waals surface area contributed by atoms with E-state index in [1.165, 1.54) is 24.3 Å². The lowest BCUT2D eigenvalue weighted by atomic mass is 10.3. The quantitative estimate of drug-likeness (QED) is 0.690. The highest BCUT2D eigenvalue weighted by Gasteiger charge is 2.09. The van der Waals surface area contributed by atoms with Crippen LogP contribution in [0.1, 0.15) is 10.6 Å². The molecule has 0 aliphatic rings. The van der Waals surface area contributed by atoms with E-state index in [-0.39, 0.29) is 5.82 Å². The molecule has 0 aliphatic heterocycles. The van der Waals surface area contributed by atoms with E-state index in [1.54, 1.807) is 0 Å². The van der Waals surface area contributed by atoms with Crippen molar-refractivity contribution in [1.82, 2.24) is 15.2 Å². The Hall–Kier alpha value is -2.44. The molecule has 7 heteroatoms. The van der Waals surface area contributed by atoms with E-state index in [0.717, 1.165) is 0 Å². The van der Waals surface area contributed by atoms with Crippen molar-refractivity contribution in [2.75, 3.05) is 5.32 Å². The van der Waals surface area contributed by atoms with Crippen LogP contribution in [0.2, 0.25) is 0 Å². The van der Waals surface area contributed by atoms with Crippen LogP contribution < -0.4 is 11.0 Å². The molecule has 1 heterocycles. The lowest BCUT2D eigenvalue weighted by Gasteiger charge is -2.01. The van der Waals surface area contributed by atoms with Crippen LogP contribution in [0.4, 0.5) is 10.1 Å². The first kappa shape index (κ1) is 10.1. The third-order valence-electron chi connectivity index (χ3n) is 1.82. The SMILES string of the molecule is O=C(Nc1ccc(F)cc1)c1n[nH]c(=O)[nH]1. The summed E-state index contributed by atoms with van der Waals surface area (Å²) < 4.78 is 12.6. The molecule has 16 heavy (non-hydrogen) atoms. The first-order valence-electron chi connectivity index (χ1n) is 4.37. The van der Waals surface area contributed by atoms with Crippen LogP contribution in [0.25, 0.3) is 0 Å². The van der Waals surface area contributed by atoms with Gasteiger partial charge in [-0.15, -0.1) is 5.10 Å². The smallest absolute Gasteiger partial charge is 0.319 e. The predicted octanol–water partition coefficient (Wildman–Crippen LogP) is 0.489. The van der Waals surface area contributed by atoms with Gasteiger partial charge in [0.25, 0.3) is 5.91 Å². The summed E-state index contributed by atoms with van der Waals surface area (Å²) in [4.78, 5) is 24.3. The van der Waals surface area contributed by atoms with E-state index < -0.39 is 17.4 Å². The standard InChI is InChI=1S/C9H7FN4O2/c10-5-1-3-6(4-2-5)11-8(15)7-12-9(16)14-13-7/h1-4H,(H,11,15)(H2,12,13,14,16). The summed E-state index contributed by atoms with van der Waals surface area (Å²) in [6.07, 6.45) is 0. The predicted molar refractivity (Wildman–Crippen MR) is 53.6 cm³/mol. The Bertz CT molecular complexity index is 557. The molecule has 1 amide bonds. The largest absolute Gasteiger partial charge is 0.341 e. The molecule has 0 fully saturated rings. The molecule has 3 N–H and O–H groups in total. The van der Waals surface area contributed by atoms with Gasteiger partial charge in [0.15, 0.2) is 0 Å². The van der Waals surface area contributed by atoms with Gasteiger partial charge in [0.2, 0.25) is 5.82 Å². The Morgan fingerprint density at radius 3 is 2.56 bits per heavy atom. The van der Waals surface area contributed by atoms with Gasteiger partial charge in [-0.1, -0.05) is 0 Å². The van der Waals surface area contributed by atoms with E-state index in [1.807, 2.05) is 0 Å². The van der Waals surface area contributed by atoms with Crippen molar-refractivity contribution in [3.05, 3.63) is 46.4 Å². The molecule has 0 radical (unpaired) electrons. The maximum atomic E-state index is 12.6. The zero-order valence-corrected chi connectivity index (χ0v) is 7.95. The highest BCUT2D eigenvalue weighted by atomic mass is 19.1. The number of hydrogen-bond acceptors (Lipinski definition) is 3. The number of anilines is 1. The molecule has 6 nitrogen and oxygen atoms in total. The lowest BCUT2D eigenvalue weighted by Crippen LogP contribution is -2.14. The summed E-state index contributed by atoms with van der Waals surface area (Å²) in [7, 11) is 0. The van der Waals surface area contributed by atoms with Gasteiger partial charge in [-0.05, 0) is 24.3 Å². The van der Waals surface area contributed by atoms with Crippen molar-refractivity contribution >= 4 is 11.6 Å². The first-order valence-corrected chi connectivity index (χ1v) is 4.37. The number of nitrogens with zero attached hydrogens (tertiary/aromatic N) is 1. The Labute approximate surface area is 88.5 Å². The Kier molecular flexibility index (Phi) is 2.50. The second-order valence-electron chi connectivity index (χ2n) is 2.99. The number of aromatic amines is 2. The minimum Gasteiger partial charge on any atom is -0.319 e. The molecule has 1 aromatic heterocycles. The molecular weight excluding hydrogens is 215 g/mol. The van der Waals surface area contributed by atoms with E-state index in [9.17, 15) is 14.0 Å². The number of rotatable bonds is 2. The van der Waals surface area contributed by atoms with E-state index in [0.29, 0.717) is 5.69 Å². The molecule has 2 rings (SSSR count). The fourth-order valence-corrected chi connectivity index (χ4v) is 1.10. The van der Waals surface area contributed by atoms with Gasteiger partial charge in [0.1, 0.15) is 5.82 Å². The van der Waals surface area contributed by atoms with Crippen LogP contribution in [0, 0.1) is 5.82 Å². The van der Waals surface area contributed by atoms with E-state index in [2.05, 4.69) is 20.5 Å². The lowest BCUT2D eigenvalue weighted by molar-refractivity contribution is 0.101. The van der Waals surface area contributed by atoms with Crippen molar-refractivity contribution in [2.24, 2.45) is 0 Å². The van der Waals surface area contributed by atoms with Gasteiger partial charge < -0.3 is 5.32 Å². The summed E-state index contributed by atoms with van der Waals surface area (Å²) in [6.45, 7) is 0. The third kappa shape index (κ3) is 2.14. The number of amides is 1. The van der Waals surface area contributed by atoms with Gasteiger partial charge in [-0.25, -0.2) is 14.3 Å². The van der Waals surface area contributed by atoms with Gasteiger partial charge in [-0.2, -0.15) is 0 Å². The first-order chi connectivity index (χ1) is 7.65. The molecule has 0 bridgehead atoms. The van der Waals surface area contributed by atoms with Gasteiger partial charge >= 0.3 is 5.69 Å². The van der Waals surface area contributed by atoms with E-state index >= 15 is 0 Å². The van der Waals surface area contributed by atoms with Gasteiger partial charge in [0, 0.05) is 5.69 Å². The second kappa shape index (κ2) is 3.97. The van der Waals surface area contributed by atoms with Crippen molar-refractivity contribution in [1.29, 1.82) is 0 Å². The summed E-state index contributed by atoms with van der Waals surface area (Å²) in [5.41, 5.74) is -0.153. The Morgan fingerprint density at radius 2 is 2.00 bits per heavy atom. The summed E-state index contributed by atoms with van der Waals surface area (Å²) in [6, 6.07) is 5.22. The van der Waals surface area contributed by atoms with Crippen LogP contribution in [0.15, 0.2) is 29.1 Å². The molecule has 0 unspecified atom stereocenters. The number of aromatic nitrogens is 3. The summed E-state index contributed by atoms with van der Waals surface area (Å²) >= 11 is 0. The van der Waals surface area contributed by atoms with Gasteiger partial charge in [0.05, 0.1) is 0 Å². The molecule has 0 saturated carbocycles. The van der Waals surface area contributed by atoms with Crippen LogP contribution in [0.3, 0.4) is 0 Å². The zero-order chi connectivity index (χ0) is 11.5. The molecule has 82 valence electrons. The summed E-state index contributed by atoms with van der Waals surface area (Å²) in [5.74, 6) is -1.11. The average Bonchev–Trinajstić information content (AvgIpc) is 2.68. The highest BCUT2D eigenvalue weighted by Crippen LogP contribution is 2.08. The van der Waals surface area contributed by atoms with Crippen LogP contribution in [-0.2, 0) is 0 Å². The topological polar surface area (TPSA) is 90.6 Å². The molecule has 0 atom stereocenters. The fraction of sp³-hybridized carbons (Fsp3) is 0. The van der Waals surface area contributed by atoms with Crippen molar-refractivity contribution in [3.8, 4) is 0 Å². The maximum absolute atomic E-state index is 12.6. The van der Waals surface area contributed by atoms with Crippen molar-refractivity contribution in [3.63, 3.8) is 0 Å². The Morgan fingerprint density at radius 1 is 1.31 bits per heavy atom. The van der Waals surface area contributed by atoms with Crippen molar-refractivity contribution < 1.29 is 9.18 Å². The minimum atomic E-state index is -0.579. The van der Waals surface area contributed by atoms with Gasteiger partial charge in [-0.3, -0.25) is 9.78 Å². The second-order valence-corrected chi connectivity index (χ2v) is 2.99. The number of H-pyrrole nitrogens is 2. The number of carbonyl (C=O) groups excluding carboxylic acids is 1. The van der Waals surface area contributed by atoms with Crippen LogP contribution in [-0.4, -0.2) is 21.1 Å². The van der Waals surface area contributed by atoms with Crippen molar-refractivity contribution in [2.45, 2.75) is 0 Å². The third-order valence-corrected chi connectivity index (χ3v) is 1.82. The number of benzene rings is 1. The normalized spacial score (nSPS) is 10.1. The highest BCUT2D eigenvalue weighted by molar-refractivity contribution is 6.01. The molecule has 2 aromatic rings. The summed E-state index contributed by atoms with van der Waals surface area (Å²) in [5, 5.41) is 7.95. The van der Waals surface area contributed by atoms with Crippen LogP contribution >= 0.6 is 0 Å². The minimum absolute atomic E-state index is 0.130. The average molecular weight is 222 g/mol. The monoisotopic (exact) mass is 222 g/mol. The fourth-order valence-electron chi connectivity index (χ4n) is 1.10. The number of nitrogens with one attached hydrogen (secondary N) is 3. The number of carbonyl (C=O) groups is 1. The molecule has 0 spiro atoms.